The molecule has 1 aromatic heterocycles. The highest BCUT2D eigenvalue weighted by atomic mass is 35.5. The van der Waals surface area contributed by atoms with E-state index < -0.39 is 11.7 Å². The van der Waals surface area contributed by atoms with Crippen LogP contribution in [0.4, 0.5) is 10.2 Å². The molecule has 216 valence electrons. The summed E-state index contributed by atoms with van der Waals surface area (Å²) in [5, 5.41) is 1.48. The number of halogens is 2. The van der Waals surface area contributed by atoms with Gasteiger partial charge in [-0.3, -0.25) is 4.79 Å². The summed E-state index contributed by atoms with van der Waals surface area (Å²) >= 11 is 7.02. The Bertz CT molecular complexity index is 1500. The Labute approximate surface area is 245 Å². The van der Waals surface area contributed by atoms with E-state index in [0.29, 0.717) is 49.1 Å². The van der Waals surface area contributed by atoms with Crippen molar-refractivity contribution >= 4 is 34.2 Å². The zero-order valence-electron chi connectivity index (χ0n) is 23.8. The average molecular weight is 578 g/mol. The molecule has 41 heavy (non-hydrogen) atoms. The quantitative estimate of drug-likeness (QED) is 0.344. The van der Waals surface area contributed by atoms with Crippen LogP contribution in [0.5, 0.6) is 6.01 Å². The SMILES string of the molecule is C=C(F)C(=O)N1CCN(c2nc(OC[C@@H]3CCCN3C)nc3cc(-c4cccc5c4CCCC5)c(Cl)cc23)[C@@H](C)C1. The molecule has 9 heteroatoms. The van der Waals surface area contributed by atoms with Crippen LogP contribution in [-0.4, -0.2) is 77.6 Å². The van der Waals surface area contributed by atoms with Gasteiger partial charge in [0.1, 0.15) is 12.4 Å². The molecule has 0 saturated carbocycles. The molecule has 2 atom stereocenters. The third-order valence-electron chi connectivity index (χ3n) is 8.93. The minimum Gasteiger partial charge on any atom is -0.462 e. The Hall–Kier alpha value is -3.23. The summed E-state index contributed by atoms with van der Waals surface area (Å²) in [7, 11) is 2.12. The number of rotatable bonds is 6. The van der Waals surface area contributed by atoms with Crippen molar-refractivity contribution in [2.75, 3.05) is 44.7 Å². The molecule has 3 aliphatic rings. The minimum absolute atomic E-state index is 0.112. The molecule has 0 radical (unpaired) electrons. The summed E-state index contributed by atoms with van der Waals surface area (Å²) in [4.78, 5) is 28.0. The Morgan fingerprint density at radius 1 is 1.12 bits per heavy atom. The predicted octanol–water partition coefficient (Wildman–Crippen LogP) is 5.82. The molecule has 2 fully saturated rings. The standard InChI is InChI=1S/C32H37ClFN5O2/c1-20-18-38(31(40)21(2)34)14-15-39(20)30-27-16-28(33)26(25-12-6-9-22-8-4-5-11-24(22)25)17-29(27)35-32(36-30)41-19-23-10-7-13-37(23)3/h6,9,12,16-17,20,23H,2,4-5,7-8,10-11,13-15,18-19H2,1,3H3/t20-,23-/m0/s1. The van der Waals surface area contributed by atoms with Gasteiger partial charge in [0.25, 0.3) is 5.91 Å². The number of nitrogens with zero attached hydrogens (tertiary/aromatic N) is 5. The molecule has 2 saturated heterocycles. The first kappa shape index (κ1) is 27.9. The number of aromatic nitrogens is 2. The smallest absolute Gasteiger partial charge is 0.319 e. The number of aryl methyl sites for hydroxylation is 1. The second kappa shape index (κ2) is 11.6. The van der Waals surface area contributed by atoms with Crippen LogP contribution in [0.15, 0.2) is 42.7 Å². The topological polar surface area (TPSA) is 61.8 Å². The Morgan fingerprint density at radius 2 is 1.95 bits per heavy atom. The van der Waals surface area contributed by atoms with Crippen LogP contribution in [0.1, 0.15) is 43.7 Å². The number of likely N-dealkylation sites (tertiary alicyclic amines) is 1. The highest BCUT2D eigenvalue weighted by Gasteiger charge is 2.31. The maximum atomic E-state index is 13.6. The Kier molecular flexibility index (Phi) is 7.88. The number of benzene rings is 2. The highest BCUT2D eigenvalue weighted by Crippen LogP contribution is 2.40. The van der Waals surface area contributed by atoms with E-state index in [2.05, 4.69) is 47.7 Å². The summed E-state index contributed by atoms with van der Waals surface area (Å²) in [5.74, 6) is -0.882. The van der Waals surface area contributed by atoms with Gasteiger partial charge < -0.3 is 19.4 Å². The second-order valence-corrected chi connectivity index (χ2v) is 12.0. The Balaban J connectivity index is 1.41. The van der Waals surface area contributed by atoms with Crippen molar-refractivity contribution in [1.29, 1.82) is 0 Å². The van der Waals surface area contributed by atoms with Gasteiger partial charge in [-0.2, -0.15) is 9.97 Å². The van der Waals surface area contributed by atoms with Gasteiger partial charge in [-0.25, -0.2) is 4.39 Å². The number of fused-ring (bicyclic) bond motifs is 2. The predicted molar refractivity (Wildman–Crippen MR) is 161 cm³/mol. The molecule has 0 bridgehead atoms. The third-order valence-corrected chi connectivity index (χ3v) is 9.24. The molecule has 1 aliphatic carbocycles. The highest BCUT2D eigenvalue weighted by molar-refractivity contribution is 6.34. The summed E-state index contributed by atoms with van der Waals surface area (Å²) in [6.07, 6.45) is 6.77. The maximum Gasteiger partial charge on any atom is 0.319 e. The summed E-state index contributed by atoms with van der Waals surface area (Å²) in [5.41, 5.74) is 5.67. The van der Waals surface area contributed by atoms with E-state index >= 15 is 0 Å². The molecular weight excluding hydrogens is 541 g/mol. The molecular formula is C32H37ClFN5O2. The van der Waals surface area contributed by atoms with Crippen molar-refractivity contribution in [2.24, 2.45) is 0 Å². The lowest BCUT2D eigenvalue weighted by molar-refractivity contribution is -0.129. The molecule has 0 N–H and O–H groups in total. The first-order valence-electron chi connectivity index (χ1n) is 14.7. The van der Waals surface area contributed by atoms with Gasteiger partial charge in [-0.05, 0) is 87.9 Å². The zero-order chi connectivity index (χ0) is 28.7. The van der Waals surface area contributed by atoms with Crippen LogP contribution < -0.4 is 9.64 Å². The van der Waals surface area contributed by atoms with Crippen LogP contribution in [0.25, 0.3) is 22.0 Å². The van der Waals surface area contributed by atoms with E-state index in [-0.39, 0.29) is 6.04 Å². The maximum absolute atomic E-state index is 13.6. The van der Waals surface area contributed by atoms with Gasteiger partial charge in [-0.1, -0.05) is 36.4 Å². The molecule has 0 unspecified atom stereocenters. The lowest BCUT2D eigenvalue weighted by Gasteiger charge is -2.40. The van der Waals surface area contributed by atoms with Crippen LogP contribution in [0.2, 0.25) is 5.02 Å². The first-order valence-corrected chi connectivity index (χ1v) is 15.0. The summed E-state index contributed by atoms with van der Waals surface area (Å²) in [6.45, 7) is 7.99. The van der Waals surface area contributed by atoms with Gasteiger partial charge >= 0.3 is 6.01 Å². The molecule has 0 spiro atoms. The normalized spacial score (nSPS) is 21.3. The van der Waals surface area contributed by atoms with Crippen molar-refractivity contribution in [3.8, 4) is 17.1 Å². The largest absolute Gasteiger partial charge is 0.462 e. The summed E-state index contributed by atoms with van der Waals surface area (Å²) in [6, 6.07) is 11.1. The van der Waals surface area contributed by atoms with Crippen molar-refractivity contribution in [3.05, 3.63) is 58.9 Å². The van der Waals surface area contributed by atoms with Crippen molar-refractivity contribution in [3.63, 3.8) is 0 Å². The molecule has 3 heterocycles. The van der Waals surface area contributed by atoms with Crippen LogP contribution in [-0.2, 0) is 17.6 Å². The number of piperazine rings is 1. The van der Waals surface area contributed by atoms with Crippen LogP contribution in [0.3, 0.4) is 0 Å². The number of carbonyl (C=O) groups excluding carboxylic acids is 1. The molecule has 3 aromatic rings. The summed E-state index contributed by atoms with van der Waals surface area (Å²) < 4.78 is 19.8. The van der Waals surface area contributed by atoms with Crippen LogP contribution in [0, 0.1) is 0 Å². The fourth-order valence-electron chi connectivity index (χ4n) is 6.62. The number of carbonyl (C=O) groups is 1. The van der Waals surface area contributed by atoms with Crippen molar-refractivity contribution < 1.29 is 13.9 Å². The van der Waals surface area contributed by atoms with E-state index in [4.69, 9.17) is 26.3 Å². The van der Waals surface area contributed by atoms with Gasteiger partial charge in [0.05, 0.1) is 5.52 Å². The van der Waals surface area contributed by atoms with Gasteiger partial charge in [0, 0.05) is 47.7 Å². The fraction of sp³-hybridized carbons (Fsp3) is 0.469. The Morgan fingerprint density at radius 3 is 2.71 bits per heavy atom. The number of hydrogen-bond acceptors (Lipinski definition) is 6. The fourth-order valence-corrected chi connectivity index (χ4v) is 6.89. The monoisotopic (exact) mass is 577 g/mol. The van der Waals surface area contributed by atoms with Gasteiger partial charge in [0.15, 0.2) is 5.83 Å². The van der Waals surface area contributed by atoms with E-state index in [0.717, 1.165) is 54.3 Å². The first-order chi connectivity index (χ1) is 19.8. The molecule has 2 aromatic carbocycles. The minimum atomic E-state index is -0.937. The lowest BCUT2D eigenvalue weighted by atomic mass is 9.86. The van der Waals surface area contributed by atoms with E-state index in [9.17, 15) is 9.18 Å². The number of anilines is 1. The number of hydrogen-bond donors (Lipinski definition) is 0. The number of ether oxygens (including phenoxy) is 1. The zero-order valence-corrected chi connectivity index (χ0v) is 24.6. The number of likely N-dealkylation sites (N-methyl/N-ethyl adjacent to an activating group) is 1. The van der Waals surface area contributed by atoms with E-state index in [1.54, 1.807) is 0 Å². The second-order valence-electron chi connectivity index (χ2n) is 11.6. The van der Waals surface area contributed by atoms with E-state index in [1.807, 2.05) is 13.0 Å². The average Bonchev–Trinajstić information content (AvgIpc) is 3.39. The molecule has 1 amide bonds. The van der Waals surface area contributed by atoms with Crippen molar-refractivity contribution in [2.45, 2.75) is 57.5 Å². The van der Waals surface area contributed by atoms with Crippen molar-refractivity contribution in [1.82, 2.24) is 19.8 Å². The third kappa shape index (κ3) is 5.52. The molecule has 2 aliphatic heterocycles. The van der Waals surface area contributed by atoms with Gasteiger partial charge in [-0.15, -0.1) is 0 Å². The van der Waals surface area contributed by atoms with Gasteiger partial charge in [0.2, 0.25) is 0 Å². The molecule has 7 nitrogen and oxygen atoms in total. The number of amides is 1. The van der Waals surface area contributed by atoms with E-state index in [1.165, 1.54) is 28.9 Å². The van der Waals surface area contributed by atoms with Crippen LogP contribution >= 0.6 is 11.6 Å². The lowest BCUT2D eigenvalue weighted by Crippen LogP contribution is -2.54. The molecule has 6 rings (SSSR count).